The minimum atomic E-state index is -0.190. The molecule has 0 spiro atoms. The van der Waals surface area contributed by atoms with Crippen molar-refractivity contribution >= 4 is 17.7 Å². The van der Waals surface area contributed by atoms with E-state index >= 15 is 0 Å². The normalized spacial score (nSPS) is 12.0. The summed E-state index contributed by atoms with van der Waals surface area (Å²) in [5.74, 6) is -0.292. The lowest BCUT2D eigenvalue weighted by Crippen LogP contribution is -2.20. The molecule has 23 heavy (non-hydrogen) atoms. The third-order valence-electron chi connectivity index (χ3n) is 3.70. The summed E-state index contributed by atoms with van der Waals surface area (Å²) in [6, 6.07) is 12.8. The molecule has 0 unspecified atom stereocenters. The minimum Gasteiger partial charge on any atom is -0.355 e. The average molecular weight is 332 g/mol. The van der Waals surface area contributed by atoms with Crippen molar-refractivity contribution in [1.29, 1.82) is 0 Å². The van der Waals surface area contributed by atoms with Crippen molar-refractivity contribution in [1.82, 2.24) is 10.6 Å². The van der Waals surface area contributed by atoms with E-state index in [0.29, 0.717) is 17.0 Å². The molecule has 0 heterocycles. The van der Waals surface area contributed by atoms with Crippen LogP contribution in [-0.4, -0.2) is 19.2 Å². The third-order valence-corrected chi connectivity index (χ3v) is 4.48. The molecule has 1 atom stereocenters. The number of benzene rings is 2. The van der Waals surface area contributed by atoms with Crippen LogP contribution < -0.4 is 10.6 Å². The van der Waals surface area contributed by atoms with Gasteiger partial charge in [0.25, 0.3) is 5.91 Å². The van der Waals surface area contributed by atoms with Crippen molar-refractivity contribution in [2.75, 3.05) is 13.3 Å². The Morgan fingerprint density at radius 2 is 2.04 bits per heavy atom. The van der Waals surface area contributed by atoms with Gasteiger partial charge >= 0.3 is 0 Å². The zero-order valence-corrected chi connectivity index (χ0v) is 14.3. The van der Waals surface area contributed by atoms with Gasteiger partial charge < -0.3 is 10.6 Å². The molecule has 0 aliphatic heterocycles. The molecule has 0 aliphatic rings. The highest BCUT2D eigenvalue weighted by molar-refractivity contribution is 7.98. The Bertz CT molecular complexity index is 690. The molecule has 1 amide bonds. The highest BCUT2D eigenvalue weighted by Crippen LogP contribution is 2.23. The van der Waals surface area contributed by atoms with Crippen LogP contribution in [0.2, 0.25) is 0 Å². The number of carbonyl (C=O) groups is 1. The Labute approximate surface area is 140 Å². The number of amides is 1. The molecule has 0 aromatic heterocycles. The Kier molecular flexibility index (Phi) is 6.19. The van der Waals surface area contributed by atoms with Gasteiger partial charge in [0.1, 0.15) is 5.82 Å². The fourth-order valence-corrected chi connectivity index (χ4v) is 2.77. The Morgan fingerprint density at radius 1 is 1.26 bits per heavy atom. The smallest absolute Gasteiger partial charge is 0.251 e. The van der Waals surface area contributed by atoms with Gasteiger partial charge in [-0.2, -0.15) is 0 Å². The molecule has 0 fully saturated rings. The summed E-state index contributed by atoms with van der Waals surface area (Å²) >= 11 is 1.40. The van der Waals surface area contributed by atoms with Gasteiger partial charge in [-0.3, -0.25) is 4.79 Å². The Balaban J connectivity index is 2.03. The van der Waals surface area contributed by atoms with Crippen LogP contribution >= 0.6 is 11.8 Å². The molecule has 2 rings (SSSR count). The monoisotopic (exact) mass is 332 g/mol. The number of rotatable bonds is 6. The predicted octanol–water partition coefficient (Wildman–Crippen LogP) is 3.76. The molecule has 0 bridgehead atoms. The molecular formula is C18H21FN2OS. The first kappa shape index (κ1) is 17.5. The topological polar surface area (TPSA) is 41.1 Å². The Morgan fingerprint density at radius 3 is 2.70 bits per heavy atom. The predicted molar refractivity (Wildman–Crippen MR) is 93.3 cm³/mol. The molecule has 2 N–H and O–H groups in total. The first-order valence-corrected chi connectivity index (χ1v) is 8.65. The lowest BCUT2D eigenvalue weighted by molar-refractivity contribution is 0.0963. The van der Waals surface area contributed by atoms with Crippen LogP contribution in [0.5, 0.6) is 0 Å². The van der Waals surface area contributed by atoms with Crippen molar-refractivity contribution in [3.8, 4) is 0 Å². The molecule has 2 aromatic rings. The van der Waals surface area contributed by atoms with Crippen LogP contribution in [0.25, 0.3) is 0 Å². The zero-order valence-electron chi connectivity index (χ0n) is 13.5. The van der Waals surface area contributed by atoms with E-state index in [1.165, 1.54) is 11.8 Å². The van der Waals surface area contributed by atoms with Gasteiger partial charge in [-0.15, -0.1) is 11.8 Å². The lowest BCUT2D eigenvalue weighted by Gasteiger charge is -2.15. The van der Waals surface area contributed by atoms with Crippen LogP contribution in [0.3, 0.4) is 0 Å². The fraction of sp³-hybridized carbons (Fsp3) is 0.278. The SMILES string of the molecule is CNC(=O)c1cccc(CN[C@H](C)c2ccc(SC)c(F)c2)c1. The molecule has 0 aliphatic carbocycles. The largest absolute Gasteiger partial charge is 0.355 e. The highest BCUT2D eigenvalue weighted by Gasteiger charge is 2.09. The van der Waals surface area contributed by atoms with Crippen molar-refractivity contribution in [3.63, 3.8) is 0 Å². The molecule has 122 valence electrons. The summed E-state index contributed by atoms with van der Waals surface area (Å²) in [5, 5.41) is 5.97. The number of halogens is 1. The van der Waals surface area contributed by atoms with Crippen molar-refractivity contribution in [3.05, 3.63) is 65.0 Å². The maximum Gasteiger partial charge on any atom is 0.251 e. The second-order valence-corrected chi connectivity index (χ2v) is 6.12. The second-order valence-electron chi connectivity index (χ2n) is 5.28. The number of carbonyl (C=O) groups excluding carboxylic acids is 1. The molecule has 0 saturated heterocycles. The molecule has 0 radical (unpaired) electrons. The zero-order chi connectivity index (χ0) is 16.8. The quantitative estimate of drug-likeness (QED) is 0.792. The summed E-state index contributed by atoms with van der Waals surface area (Å²) in [6.07, 6.45) is 1.86. The van der Waals surface area contributed by atoms with E-state index in [4.69, 9.17) is 0 Å². The van der Waals surface area contributed by atoms with Gasteiger partial charge in [0, 0.05) is 30.1 Å². The maximum atomic E-state index is 13.9. The molecule has 2 aromatic carbocycles. The van der Waals surface area contributed by atoms with Crippen molar-refractivity contribution in [2.24, 2.45) is 0 Å². The van der Waals surface area contributed by atoms with Crippen LogP contribution in [0.1, 0.15) is 34.5 Å². The van der Waals surface area contributed by atoms with Gasteiger partial charge in [0.05, 0.1) is 0 Å². The number of nitrogens with one attached hydrogen (secondary N) is 2. The van der Waals surface area contributed by atoms with E-state index in [-0.39, 0.29) is 17.8 Å². The summed E-state index contributed by atoms with van der Waals surface area (Å²) in [6.45, 7) is 2.61. The lowest BCUT2D eigenvalue weighted by atomic mass is 10.1. The van der Waals surface area contributed by atoms with E-state index in [1.54, 1.807) is 25.2 Å². The van der Waals surface area contributed by atoms with E-state index in [1.807, 2.05) is 37.4 Å². The summed E-state index contributed by atoms with van der Waals surface area (Å²) in [7, 11) is 1.61. The minimum absolute atomic E-state index is 0.0177. The number of thioether (sulfide) groups is 1. The van der Waals surface area contributed by atoms with Crippen molar-refractivity contribution in [2.45, 2.75) is 24.4 Å². The van der Waals surface area contributed by atoms with Gasteiger partial charge in [0.15, 0.2) is 0 Å². The Hall–Kier alpha value is -1.85. The summed E-state index contributed by atoms with van der Waals surface area (Å²) in [5.41, 5.74) is 2.55. The highest BCUT2D eigenvalue weighted by atomic mass is 32.2. The molecule has 3 nitrogen and oxygen atoms in total. The summed E-state index contributed by atoms with van der Waals surface area (Å²) in [4.78, 5) is 12.3. The number of hydrogen-bond acceptors (Lipinski definition) is 3. The molecule has 5 heteroatoms. The van der Waals surface area contributed by atoms with Crippen LogP contribution in [-0.2, 0) is 6.54 Å². The van der Waals surface area contributed by atoms with E-state index in [9.17, 15) is 9.18 Å². The standard InChI is InChI=1S/C18H21FN2OS/c1-12(14-7-8-17(23-3)16(19)10-14)21-11-13-5-4-6-15(9-13)18(22)20-2/h4-10,12,21H,11H2,1-3H3,(H,20,22)/t12-/m1/s1. The second kappa shape index (κ2) is 8.13. The average Bonchev–Trinajstić information content (AvgIpc) is 2.59. The first-order chi connectivity index (χ1) is 11.0. The van der Waals surface area contributed by atoms with Gasteiger partial charge in [-0.05, 0) is 48.6 Å². The summed E-state index contributed by atoms with van der Waals surface area (Å²) < 4.78 is 13.9. The number of hydrogen-bond donors (Lipinski definition) is 2. The van der Waals surface area contributed by atoms with Gasteiger partial charge in [-0.25, -0.2) is 4.39 Å². The molecule has 0 saturated carbocycles. The molecular weight excluding hydrogens is 311 g/mol. The van der Waals surface area contributed by atoms with Gasteiger partial charge in [0.2, 0.25) is 0 Å². The van der Waals surface area contributed by atoms with Crippen molar-refractivity contribution < 1.29 is 9.18 Å². The van der Waals surface area contributed by atoms with E-state index in [2.05, 4.69) is 10.6 Å². The maximum absolute atomic E-state index is 13.9. The van der Waals surface area contributed by atoms with Gasteiger partial charge in [-0.1, -0.05) is 18.2 Å². The van der Waals surface area contributed by atoms with E-state index in [0.717, 1.165) is 11.1 Å². The fourth-order valence-electron chi connectivity index (χ4n) is 2.31. The first-order valence-electron chi connectivity index (χ1n) is 7.43. The van der Waals surface area contributed by atoms with E-state index < -0.39 is 0 Å². The third kappa shape index (κ3) is 4.56. The van der Waals surface area contributed by atoms with Crippen LogP contribution in [0.15, 0.2) is 47.4 Å². The van der Waals surface area contributed by atoms with Crippen LogP contribution in [0.4, 0.5) is 4.39 Å². The van der Waals surface area contributed by atoms with Crippen LogP contribution in [0, 0.1) is 5.82 Å².